The van der Waals surface area contributed by atoms with E-state index >= 15 is 0 Å². The maximum Gasteiger partial charge on any atom is 0.191 e. The minimum atomic E-state index is -0.186. The standard InChI is InChI=1S/C15H24FN3S.HI/c1-4-17-15(19-12(2)3)18-10-5-11-20-14-8-6-13(16)7-9-14;/h6-9,12H,4-5,10-11H2,1-3H3,(H2,17,18,19);1H. The summed E-state index contributed by atoms with van der Waals surface area (Å²) in [6.07, 6.45) is 0.997. The SMILES string of the molecule is CCNC(=NCCCSc1ccc(F)cc1)NC(C)C.I. The molecule has 0 unspecified atom stereocenters. The molecule has 0 aliphatic heterocycles. The van der Waals surface area contributed by atoms with Crippen molar-refractivity contribution in [3.05, 3.63) is 30.1 Å². The van der Waals surface area contributed by atoms with Crippen LogP contribution in [-0.2, 0) is 0 Å². The molecular formula is C15H25FIN3S. The molecule has 21 heavy (non-hydrogen) atoms. The highest BCUT2D eigenvalue weighted by molar-refractivity contribution is 14.0. The van der Waals surface area contributed by atoms with Gasteiger partial charge >= 0.3 is 0 Å². The van der Waals surface area contributed by atoms with Crippen molar-refractivity contribution in [2.24, 2.45) is 4.99 Å². The Morgan fingerprint density at radius 1 is 1.29 bits per heavy atom. The molecule has 1 rings (SSSR count). The molecule has 0 heterocycles. The number of halogens is 2. The normalized spacial score (nSPS) is 11.2. The molecule has 0 amide bonds. The van der Waals surface area contributed by atoms with Crippen LogP contribution in [0, 0.1) is 5.82 Å². The lowest BCUT2D eigenvalue weighted by molar-refractivity contribution is 0.626. The highest BCUT2D eigenvalue weighted by atomic mass is 127. The molecule has 0 spiro atoms. The highest BCUT2D eigenvalue weighted by Crippen LogP contribution is 2.18. The van der Waals surface area contributed by atoms with E-state index in [0.29, 0.717) is 6.04 Å². The van der Waals surface area contributed by atoms with Crippen LogP contribution >= 0.6 is 35.7 Å². The molecule has 0 aliphatic carbocycles. The largest absolute Gasteiger partial charge is 0.357 e. The van der Waals surface area contributed by atoms with Crippen LogP contribution in [0.4, 0.5) is 4.39 Å². The minimum Gasteiger partial charge on any atom is -0.357 e. The Balaban J connectivity index is 0.00000400. The van der Waals surface area contributed by atoms with Crippen LogP contribution in [0.5, 0.6) is 0 Å². The van der Waals surface area contributed by atoms with Gasteiger partial charge < -0.3 is 10.6 Å². The monoisotopic (exact) mass is 425 g/mol. The Hall–Kier alpha value is -0.500. The van der Waals surface area contributed by atoms with E-state index in [1.807, 2.05) is 12.1 Å². The van der Waals surface area contributed by atoms with Gasteiger partial charge in [0.1, 0.15) is 5.82 Å². The van der Waals surface area contributed by atoms with Gasteiger partial charge in [-0.25, -0.2) is 4.39 Å². The zero-order valence-electron chi connectivity index (χ0n) is 12.9. The van der Waals surface area contributed by atoms with E-state index < -0.39 is 0 Å². The van der Waals surface area contributed by atoms with Crippen molar-refractivity contribution in [2.45, 2.75) is 38.1 Å². The van der Waals surface area contributed by atoms with E-state index in [9.17, 15) is 4.39 Å². The average molecular weight is 425 g/mol. The number of nitrogens with zero attached hydrogens (tertiary/aromatic N) is 1. The highest BCUT2D eigenvalue weighted by Gasteiger charge is 1.99. The van der Waals surface area contributed by atoms with E-state index in [4.69, 9.17) is 0 Å². The Morgan fingerprint density at radius 2 is 1.95 bits per heavy atom. The van der Waals surface area contributed by atoms with E-state index in [0.717, 1.165) is 36.1 Å². The molecule has 3 nitrogen and oxygen atoms in total. The molecule has 0 saturated heterocycles. The second-order valence-corrected chi connectivity index (χ2v) is 5.88. The Bertz CT molecular complexity index is 410. The third-order valence-corrected chi connectivity index (χ3v) is 3.52. The van der Waals surface area contributed by atoms with E-state index in [1.165, 1.54) is 12.1 Å². The van der Waals surface area contributed by atoms with E-state index in [2.05, 4.69) is 36.4 Å². The molecular weight excluding hydrogens is 400 g/mol. The van der Waals surface area contributed by atoms with Crippen LogP contribution in [0.15, 0.2) is 34.2 Å². The summed E-state index contributed by atoms with van der Waals surface area (Å²) < 4.78 is 12.8. The van der Waals surface area contributed by atoms with Crippen LogP contribution in [0.1, 0.15) is 27.2 Å². The van der Waals surface area contributed by atoms with Gasteiger partial charge in [0.15, 0.2) is 5.96 Å². The van der Waals surface area contributed by atoms with Crippen LogP contribution in [0.3, 0.4) is 0 Å². The van der Waals surface area contributed by atoms with Gasteiger partial charge in [0.25, 0.3) is 0 Å². The van der Waals surface area contributed by atoms with Gasteiger partial charge in [0, 0.05) is 24.0 Å². The molecule has 0 atom stereocenters. The van der Waals surface area contributed by atoms with Gasteiger partial charge in [-0.05, 0) is 57.2 Å². The molecule has 0 aromatic heterocycles. The molecule has 2 N–H and O–H groups in total. The number of rotatable bonds is 7. The van der Waals surface area contributed by atoms with Crippen LogP contribution < -0.4 is 10.6 Å². The van der Waals surface area contributed by atoms with Crippen molar-refractivity contribution in [2.75, 3.05) is 18.8 Å². The lowest BCUT2D eigenvalue weighted by Crippen LogP contribution is -2.41. The molecule has 120 valence electrons. The zero-order chi connectivity index (χ0) is 14.8. The van der Waals surface area contributed by atoms with Crippen LogP contribution in [0.25, 0.3) is 0 Å². The lowest BCUT2D eigenvalue weighted by Gasteiger charge is -2.13. The summed E-state index contributed by atoms with van der Waals surface area (Å²) in [6, 6.07) is 7.00. The molecule has 0 bridgehead atoms. The van der Waals surface area contributed by atoms with Gasteiger partial charge in [0.05, 0.1) is 0 Å². The molecule has 0 saturated carbocycles. The number of hydrogen-bond acceptors (Lipinski definition) is 2. The van der Waals surface area contributed by atoms with Gasteiger partial charge in [-0.3, -0.25) is 4.99 Å². The first-order chi connectivity index (χ1) is 9.61. The average Bonchev–Trinajstić information content (AvgIpc) is 2.40. The number of guanidine groups is 1. The van der Waals surface area contributed by atoms with Gasteiger partial charge in [-0.1, -0.05) is 0 Å². The van der Waals surface area contributed by atoms with Gasteiger partial charge in [-0.15, -0.1) is 35.7 Å². The second-order valence-electron chi connectivity index (χ2n) is 4.72. The van der Waals surface area contributed by atoms with Gasteiger partial charge in [0.2, 0.25) is 0 Å². The van der Waals surface area contributed by atoms with Crippen molar-refractivity contribution >= 4 is 41.7 Å². The lowest BCUT2D eigenvalue weighted by atomic mass is 10.4. The molecule has 0 aliphatic rings. The van der Waals surface area contributed by atoms with Crippen molar-refractivity contribution in [1.82, 2.24) is 10.6 Å². The first-order valence-corrected chi connectivity index (χ1v) is 8.03. The first-order valence-electron chi connectivity index (χ1n) is 7.05. The quantitative estimate of drug-likeness (QED) is 0.229. The van der Waals surface area contributed by atoms with Crippen molar-refractivity contribution < 1.29 is 4.39 Å². The number of nitrogens with one attached hydrogen (secondary N) is 2. The molecule has 1 aromatic rings. The Kier molecular flexibility index (Phi) is 11.8. The molecule has 6 heteroatoms. The fourth-order valence-electron chi connectivity index (χ4n) is 1.57. The summed E-state index contributed by atoms with van der Waals surface area (Å²) in [5.74, 6) is 1.67. The number of benzene rings is 1. The second kappa shape index (κ2) is 12.1. The maximum atomic E-state index is 12.8. The third kappa shape index (κ3) is 9.95. The Morgan fingerprint density at radius 3 is 2.52 bits per heavy atom. The number of hydrogen-bond donors (Lipinski definition) is 2. The van der Waals surface area contributed by atoms with Gasteiger partial charge in [-0.2, -0.15) is 0 Å². The van der Waals surface area contributed by atoms with Crippen molar-refractivity contribution in [3.8, 4) is 0 Å². The number of aliphatic imine (C=N–C) groups is 1. The number of thioether (sulfide) groups is 1. The summed E-state index contributed by atoms with van der Waals surface area (Å²) in [7, 11) is 0. The maximum absolute atomic E-state index is 12.8. The fraction of sp³-hybridized carbons (Fsp3) is 0.533. The first kappa shape index (κ1) is 20.5. The Labute approximate surface area is 148 Å². The summed E-state index contributed by atoms with van der Waals surface area (Å²) in [4.78, 5) is 5.62. The summed E-state index contributed by atoms with van der Waals surface area (Å²) >= 11 is 1.73. The minimum absolute atomic E-state index is 0. The van der Waals surface area contributed by atoms with Crippen LogP contribution in [0.2, 0.25) is 0 Å². The zero-order valence-corrected chi connectivity index (χ0v) is 16.0. The predicted molar refractivity (Wildman–Crippen MR) is 101 cm³/mol. The molecule has 0 radical (unpaired) electrons. The van der Waals surface area contributed by atoms with E-state index in [-0.39, 0.29) is 29.8 Å². The third-order valence-electron chi connectivity index (χ3n) is 2.42. The topological polar surface area (TPSA) is 36.4 Å². The van der Waals surface area contributed by atoms with Crippen molar-refractivity contribution in [1.29, 1.82) is 0 Å². The fourth-order valence-corrected chi connectivity index (χ4v) is 2.41. The molecule has 0 fully saturated rings. The van der Waals surface area contributed by atoms with E-state index in [1.54, 1.807) is 11.8 Å². The predicted octanol–water partition coefficient (Wildman–Crippen LogP) is 3.89. The molecule has 1 aromatic carbocycles. The smallest absolute Gasteiger partial charge is 0.191 e. The summed E-state index contributed by atoms with van der Waals surface area (Å²) in [5.41, 5.74) is 0. The summed E-state index contributed by atoms with van der Waals surface area (Å²) in [5, 5.41) is 6.51. The van der Waals surface area contributed by atoms with Crippen molar-refractivity contribution in [3.63, 3.8) is 0 Å². The van der Waals surface area contributed by atoms with Crippen LogP contribution in [-0.4, -0.2) is 30.8 Å². The summed E-state index contributed by atoms with van der Waals surface area (Å²) in [6.45, 7) is 7.90.